The van der Waals surface area contributed by atoms with Crippen LogP contribution in [0, 0.1) is 24.2 Å². The molecule has 1 unspecified atom stereocenters. The van der Waals surface area contributed by atoms with Crippen molar-refractivity contribution in [2.24, 2.45) is 5.92 Å². The summed E-state index contributed by atoms with van der Waals surface area (Å²) < 4.78 is 0. The molecule has 0 radical (unpaired) electrons. The van der Waals surface area contributed by atoms with Crippen LogP contribution in [-0.2, 0) is 0 Å². The second-order valence-electron chi connectivity index (χ2n) is 4.73. The molecular formula is C15H17N3. The summed E-state index contributed by atoms with van der Waals surface area (Å²) in [6.45, 7) is 4.68. The Balaban J connectivity index is 2.38. The van der Waals surface area contributed by atoms with Crippen molar-refractivity contribution in [3.05, 3.63) is 35.9 Å². The molecular weight excluding hydrogens is 222 g/mol. The lowest BCUT2D eigenvalue weighted by molar-refractivity contribution is 0.709. The van der Waals surface area contributed by atoms with Gasteiger partial charge in [-0.2, -0.15) is 5.26 Å². The fourth-order valence-corrected chi connectivity index (χ4v) is 2.14. The van der Waals surface area contributed by atoms with E-state index in [9.17, 15) is 0 Å². The monoisotopic (exact) mass is 239 g/mol. The predicted octanol–water partition coefficient (Wildman–Crippen LogP) is 3.14. The maximum atomic E-state index is 8.87. The van der Waals surface area contributed by atoms with Gasteiger partial charge in [-0.05, 0) is 31.5 Å². The molecule has 2 aromatic rings. The largest absolute Gasteiger partial charge is 0.358 e. The maximum Gasteiger partial charge on any atom is 0.131 e. The summed E-state index contributed by atoms with van der Waals surface area (Å²) in [6.07, 6.45) is 0. The van der Waals surface area contributed by atoms with Gasteiger partial charge in [0.05, 0.1) is 17.5 Å². The van der Waals surface area contributed by atoms with Crippen molar-refractivity contribution < 1.29 is 0 Å². The smallest absolute Gasteiger partial charge is 0.131 e. The van der Waals surface area contributed by atoms with Gasteiger partial charge < -0.3 is 4.90 Å². The number of aryl methyl sites for hydroxylation is 1. The Morgan fingerprint density at radius 3 is 2.83 bits per heavy atom. The Kier molecular flexibility index (Phi) is 3.47. The molecule has 0 aliphatic carbocycles. The third-order valence-electron chi connectivity index (χ3n) is 3.02. The number of rotatable bonds is 3. The number of benzene rings is 1. The molecule has 2 rings (SSSR count). The Hall–Kier alpha value is -2.08. The van der Waals surface area contributed by atoms with Gasteiger partial charge in [0.15, 0.2) is 0 Å². The van der Waals surface area contributed by atoms with Crippen molar-refractivity contribution in [3.8, 4) is 6.07 Å². The SMILES string of the molecule is Cc1cc2ccccc2nc1N(C)CC(C)C#N. The number of aromatic nitrogens is 1. The minimum absolute atomic E-state index is 0.00247. The number of hydrogen-bond acceptors (Lipinski definition) is 3. The Morgan fingerprint density at radius 1 is 1.39 bits per heavy atom. The van der Waals surface area contributed by atoms with E-state index in [1.165, 1.54) is 0 Å². The van der Waals surface area contributed by atoms with Gasteiger partial charge in [-0.3, -0.25) is 0 Å². The van der Waals surface area contributed by atoms with Crippen LogP contribution in [0.2, 0.25) is 0 Å². The molecule has 0 fully saturated rings. The van der Waals surface area contributed by atoms with Crippen LogP contribution in [-0.4, -0.2) is 18.6 Å². The molecule has 1 aromatic carbocycles. The van der Waals surface area contributed by atoms with E-state index in [0.29, 0.717) is 6.54 Å². The number of nitriles is 1. The highest BCUT2D eigenvalue weighted by molar-refractivity contribution is 5.81. The zero-order valence-corrected chi connectivity index (χ0v) is 11.0. The number of para-hydroxylation sites is 1. The highest BCUT2D eigenvalue weighted by atomic mass is 15.2. The number of anilines is 1. The van der Waals surface area contributed by atoms with Crippen LogP contribution in [0.4, 0.5) is 5.82 Å². The Morgan fingerprint density at radius 2 is 2.11 bits per heavy atom. The molecule has 3 nitrogen and oxygen atoms in total. The van der Waals surface area contributed by atoms with E-state index in [1.54, 1.807) is 0 Å². The fourth-order valence-electron chi connectivity index (χ4n) is 2.14. The van der Waals surface area contributed by atoms with Gasteiger partial charge in [0.2, 0.25) is 0 Å². The van der Waals surface area contributed by atoms with Crippen molar-refractivity contribution in [1.82, 2.24) is 4.98 Å². The number of fused-ring (bicyclic) bond motifs is 1. The molecule has 92 valence electrons. The molecule has 0 bridgehead atoms. The van der Waals surface area contributed by atoms with Crippen molar-refractivity contribution in [2.75, 3.05) is 18.5 Å². The molecule has 0 amide bonds. The highest BCUT2D eigenvalue weighted by Crippen LogP contribution is 2.22. The Bertz CT molecular complexity index is 598. The number of pyridine rings is 1. The second-order valence-corrected chi connectivity index (χ2v) is 4.73. The summed E-state index contributed by atoms with van der Waals surface area (Å²) in [4.78, 5) is 6.73. The lowest BCUT2D eigenvalue weighted by atomic mass is 10.1. The van der Waals surface area contributed by atoms with Gasteiger partial charge in [-0.25, -0.2) is 4.98 Å². The molecule has 1 atom stereocenters. The van der Waals surface area contributed by atoms with Crippen LogP contribution in [0.15, 0.2) is 30.3 Å². The van der Waals surface area contributed by atoms with Crippen molar-refractivity contribution in [2.45, 2.75) is 13.8 Å². The standard InChI is InChI=1S/C15H17N3/c1-11(9-16)10-18(3)15-12(2)8-13-6-4-5-7-14(13)17-15/h4-8,11H,10H2,1-3H3. The van der Waals surface area contributed by atoms with Crippen molar-refractivity contribution in [1.29, 1.82) is 5.26 Å². The quantitative estimate of drug-likeness (QED) is 0.826. The van der Waals surface area contributed by atoms with Gasteiger partial charge in [0, 0.05) is 19.0 Å². The lowest BCUT2D eigenvalue weighted by Gasteiger charge is -2.21. The topological polar surface area (TPSA) is 39.9 Å². The van der Waals surface area contributed by atoms with Crippen LogP contribution < -0.4 is 4.90 Å². The van der Waals surface area contributed by atoms with Gasteiger partial charge >= 0.3 is 0 Å². The molecule has 18 heavy (non-hydrogen) atoms. The van der Waals surface area contributed by atoms with Crippen LogP contribution >= 0.6 is 0 Å². The van der Waals surface area contributed by atoms with Gasteiger partial charge in [0.25, 0.3) is 0 Å². The first kappa shape index (κ1) is 12.4. The van der Waals surface area contributed by atoms with E-state index in [2.05, 4.69) is 35.0 Å². The van der Waals surface area contributed by atoms with Crippen LogP contribution in [0.3, 0.4) is 0 Å². The second kappa shape index (κ2) is 5.05. The summed E-state index contributed by atoms with van der Waals surface area (Å²) in [6, 6.07) is 12.5. The molecule has 1 heterocycles. The Labute approximate surface area is 108 Å². The summed E-state index contributed by atoms with van der Waals surface area (Å²) in [7, 11) is 1.98. The minimum Gasteiger partial charge on any atom is -0.358 e. The summed E-state index contributed by atoms with van der Waals surface area (Å²) in [5.74, 6) is 0.957. The van der Waals surface area contributed by atoms with Crippen molar-refractivity contribution in [3.63, 3.8) is 0 Å². The first-order valence-corrected chi connectivity index (χ1v) is 6.09. The maximum absolute atomic E-state index is 8.87. The van der Waals surface area contributed by atoms with Gasteiger partial charge in [0.1, 0.15) is 5.82 Å². The average Bonchev–Trinajstić information content (AvgIpc) is 2.37. The van der Waals surface area contributed by atoms with E-state index in [0.717, 1.165) is 22.3 Å². The fraction of sp³-hybridized carbons (Fsp3) is 0.333. The average molecular weight is 239 g/mol. The zero-order valence-electron chi connectivity index (χ0n) is 11.0. The van der Waals surface area contributed by atoms with E-state index < -0.39 is 0 Å². The molecule has 0 saturated heterocycles. The van der Waals surface area contributed by atoms with Crippen LogP contribution in [0.5, 0.6) is 0 Å². The number of nitrogens with zero attached hydrogens (tertiary/aromatic N) is 3. The molecule has 0 aliphatic rings. The van der Waals surface area contributed by atoms with Gasteiger partial charge in [-0.15, -0.1) is 0 Å². The van der Waals surface area contributed by atoms with Gasteiger partial charge in [-0.1, -0.05) is 18.2 Å². The van der Waals surface area contributed by atoms with Crippen molar-refractivity contribution >= 4 is 16.7 Å². The molecule has 0 spiro atoms. The lowest BCUT2D eigenvalue weighted by Crippen LogP contribution is -2.24. The molecule has 0 saturated carbocycles. The van der Waals surface area contributed by atoms with E-state index in [1.807, 2.05) is 32.2 Å². The highest BCUT2D eigenvalue weighted by Gasteiger charge is 2.11. The summed E-state index contributed by atoms with van der Waals surface area (Å²) in [5.41, 5.74) is 2.14. The molecule has 1 aromatic heterocycles. The third kappa shape index (κ3) is 2.43. The van der Waals surface area contributed by atoms with E-state index >= 15 is 0 Å². The molecule has 0 N–H and O–H groups in total. The first-order valence-electron chi connectivity index (χ1n) is 6.09. The number of hydrogen-bond donors (Lipinski definition) is 0. The van der Waals surface area contributed by atoms with Crippen LogP contribution in [0.25, 0.3) is 10.9 Å². The zero-order chi connectivity index (χ0) is 13.1. The summed E-state index contributed by atoms with van der Waals surface area (Å²) in [5, 5.41) is 10.0. The molecule has 3 heteroatoms. The molecule has 0 aliphatic heterocycles. The third-order valence-corrected chi connectivity index (χ3v) is 3.02. The predicted molar refractivity (Wildman–Crippen MR) is 74.5 cm³/mol. The van der Waals surface area contributed by atoms with E-state index in [4.69, 9.17) is 5.26 Å². The summed E-state index contributed by atoms with van der Waals surface area (Å²) >= 11 is 0. The first-order chi connectivity index (χ1) is 8.61. The van der Waals surface area contributed by atoms with Crippen LogP contribution in [0.1, 0.15) is 12.5 Å². The minimum atomic E-state index is 0.00247. The normalized spacial score (nSPS) is 12.1. The van der Waals surface area contributed by atoms with E-state index in [-0.39, 0.29) is 5.92 Å².